The highest BCUT2D eigenvalue weighted by Gasteiger charge is 2.23. The lowest BCUT2D eigenvalue weighted by Gasteiger charge is -2.38. The molecular formula is C15H21N3O. The highest BCUT2D eigenvalue weighted by atomic mass is 16.5. The van der Waals surface area contributed by atoms with Crippen molar-refractivity contribution in [2.45, 2.75) is 25.9 Å². The van der Waals surface area contributed by atoms with Crippen LogP contribution >= 0.6 is 0 Å². The maximum atomic E-state index is 9.12. The predicted molar refractivity (Wildman–Crippen MR) is 75.1 cm³/mol. The SMILES string of the molecule is CCCN(Cc1ccc(OC)c(C#N)c1)C1CNC1. The van der Waals surface area contributed by atoms with Crippen LogP contribution in [0, 0.1) is 11.3 Å². The van der Waals surface area contributed by atoms with Gasteiger partial charge in [0.1, 0.15) is 11.8 Å². The first-order chi connectivity index (χ1) is 9.28. The fraction of sp³-hybridized carbons (Fsp3) is 0.533. The van der Waals surface area contributed by atoms with Crippen molar-refractivity contribution in [1.82, 2.24) is 10.2 Å². The van der Waals surface area contributed by atoms with Crippen LogP contribution in [0.1, 0.15) is 24.5 Å². The molecular weight excluding hydrogens is 238 g/mol. The zero-order chi connectivity index (χ0) is 13.7. The molecule has 4 heteroatoms. The van der Waals surface area contributed by atoms with Crippen molar-refractivity contribution < 1.29 is 4.74 Å². The van der Waals surface area contributed by atoms with Gasteiger partial charge < -0.3 is 10.1 Å². The number of hydrogen-bond acceptors (Lipinski definition) is 4. The van der Waals surface area contributed by atoms with Gasteiger partial charge in [0.25, 0.3) is 0 Å². The summed E-state index contributed by atoms with van der Waals surface area (Å²) in [6.45, 7) is 6.34. The molecule has 0 amide bonds. The van der Waals surface area contributed by atoms with Gasteiger partial charge in [-0.15, -0.1) is 0 Å². The molecule has 0 unspecified atom stereocenters. The lowest BCUT2D eigenvalue weighted by Crippen LogP contribution is -2.56. The Labute approximate surface area is 115 Å². The summed E-state index contributed by atoms with van der Waals surface area (Å²) in [7, 11) is 1.60. The quantitative estimate of drug-likeness (QED) is 0.845. The topological polar surface area (TPSA) is 48.3 Å². The van der Waals surface area contributed by atoms with Gasteiger partial charge in [-0.2, -0.15) is 5.26 Å². The van der Waals surface area contributed by atoms with Crippen LogP contribution in [0.15, 0.2) is 18.2 Å². The second kappa shape index (κ2) is 6.55. The molecule has 1 fully saturated rings. The number of nitrogens with one attached hydrogen (secondary N) is 1. The Morgan fingerprint density at radius 3 is 2.79 bits per heavy atom. The maximum absolute atomic E-state index is 9.12. The van der Waals surface area contributed by atoms with Crippen molar-refractivity contribution in [3.63, 3.8) is 0 Å². The number of nitriles is 1. The molecule has 0 radical (unpaired) electrons. The van der Waals surface area contributed by atoms with Gasteiger partial charge in [0, 0.05) is 25.7 Å². The van der Waals surface area contributed by atoms with E-state index in [0.29, 0.717) is 17.4 Å². The molecule has 2 rings (SSSR count). The Kier molecular flexibility index (Phi) is 4.78. The third-order valence-corrected chi connectivity index (χ3v) is 3.56. The smallest absolute Gasteiger partial charge is 0.136 e. The van der Waals surface area contributed by atoms with Crippen molar-refractivity contribution in [2.24, 2.45) is 0 Å². The minimum atomic E-state index is 0.614. The van der Waals surface area contributed by atoms with Crippen LogP contribution in [0.3, 0.4) is 0 Å². The van der Waals surface area contributed by atoms with Gasteiger partial charge in [0.05, 0.1) is 12.7 Å². The monoisotopic (exact) mass is 259 g/mol. The molecule has 0 spiro atoms. The fourth-order valence-corrected chi connectivity index (χ4v) is 2.38. The number of methoxy groups -OCH3 is 1. The molecule has 102 valence electrons. The first kappa shape index (κ1) is 13.9. The van der Waals surface area contributed by atoms with E-state index in [9.17, 15) is 0 Å². The third kappa shape index (κ3) is 3.25. The van der Waals surface area contributed by atoms with Crippen molar-refractivity contribution in [3.05, 3.63) is 29.3 Å². The average molecular weight is 259 g/mol. The number of ether oxygens (including phenoxy) is 1. The summed E-state index contributed by atoms with van der Waals surface area (Å²) in [5.74, 6) is 0.651. The van der Waals surface area contributed by atoms with Gasteiger partial charge in [-0.05, 0) is 30.7 Å². The first-order valence-electron chi connectivity index (χ1n) is 6.80. The van der Waals surface area contributed by atoms with Crippen LogP contribution < -0.4 is 10.1 Å². The lowest BCUT2D eigenvalue weighted by atomic mass is 10.1. The Bertz CT molecular complexity index is 463. The Morgan fingerprint density at radius 2 is 2.26 bits per heavy atom. The predicted octanol–water partition coefficient (Wildman–Crippen LogP) is 1.75. The van der Waals surface area contributed by atoms with Gasteiger partial charge in [0.15, 0.2) is 0 Å². The second-order valence-corrected chi connectivity index (χ2v) is 4.93. The molecule has 0 atom stereocenters. The first-order valence-corrected chi connectivity index (χ1v) is 6.80. The van der Waals surface area contributed by atoms with Crippen LogP contribution in [0.5, 0.6) is 5.75 Å². The zero-order valence-electron chi connectivity index (χ0n) is 11.6. The second-order valence-electron chi connectivity index (χ2n) is 4.93. The summed E-state index contributed by atoms with van der Waals surface area (Å²) in [5, 5.41) is 12.4. The third-order valence-electron chi connectivity index (χ3n) is 3.56. The van der Waals surface area contributed by atoms with Crippen LogP contribution in [-0.4, -0.2) is 37.7 Å². The molecule has 0 bridgehead atoms. The molecule has 0 saturated carbocycles. The standard InChI is InChI=1S/C15H21N3O/c1-3-6-18(14-9-17-10-14)11-12-4-5-15(19-2)13(7-12)8-16/h4-5,7,14,17H,3,6,9-11H2,1-2H3. The zero-order valence-corrected chi connectivity index (χ0v) is 11.6. The molecule has 0 aromatic heterocycles. The lowest BCUT2D eigenvalue weighted by molar-refractivity contribution is 0.138. The summed E-state index contributed by atoms with van der Waals surface area (Å²) in [6.07, 6.45) is 1.15. The van der Waals surface area contributed by atoms with Gasteiger partial charge in [-0.25, -0.2) is 0 Å². The van der Waals surface area contributed by atoms with Gasteiger partial charge in [-0.3, -0.25) is 4.90 Å². The highest BCUT2D eigenvalue weighted by molar-refractivity contribution is 5.45. The van der Waals surface area contributed by atoms with Crippen molar-refractivity contribution in [2.75, 3.05) is 26.7 Å². The van der Waals surface area contributed by atoms with E-state index in [-0.39, 0.29) is 0 Å². The van der Waals surface area contributed by atoms with E-state index in [1.807, 2.05) is 12.1 Å². The number of hydrogen-bond donors (Lipinski definition) is 1. The number of rotatable bonds is 6. The molecule has 4 nitrogen and oxygen atoms in total. The van der Waals surface area contributed by atoms with E-state index >= 15 is 0 Å². The Balaban J connectivity index is 2.10. The summed E-state index contributed by atoms with van der Waals surface area (Å²) in [5.41, 5.74) is 1.79. The van der Waals surface area contributed by atoms with E-state index in [4.69, 9.17) is 10.00 Å². The molecule has 1 aromatic rings. The highest BCUT2D eigenvalue weighted by Crippen LogP contribution is 2.20. The molecule has 1 aliphatic rings. The molecule has 1 saturated heterocycles. The minimum Gasteiger partial charge on any atom is -0.495 e. The van der Waals surface area contributed by atoms with Gasteiger partial charge >= 0.3 is 0 Å². The Hall–Kier alpha value is -1.57. The Morgan fingerprint density at radius 1 is 1.47 bits per heavy atom. The van der Waals surface area contributed by atoms with Crippen molar-refractivity contribution in [3.8, 4) is 11.8 Å². The van der Waals surface area contributed by atoms with Crippen molar-refractivity contribution in [1.29, 1.82) is 5.26 Å². The van der Waals surface area contributed by atoms with Crippen LogP contribution in [-0.2, 0) is 6.54 Å². The molecule has 19 heavy (non-hydrogen) atoms. The van der Waals surface area contributed by atoms with E-state index < -0.39 is 0 Å². The average Bonchev–Trinajstić information content (AvgIpc) is 2.37. The molecule has 1 heterocycles. The van der Waals surface area contributed by atoms with E-state index in [2.05, 4.69) is 29.3 Å². The van der Waals surface area contributed by atoms with Crippen LogP contribution in [0.25, 0.3) is 0 Å². The van der Waals surface area contributed by atoms with E-state index in [1.54, 1.807) is 7.11 Å². The van der Waals surface area contributed by atoms with E-state index in [0.717, 1.165) is 32.6 Å². The van der Waals surface area contributed by atoms with Crippen molar-refractivity contribution >= 4 is 0 Å². The largest absolute Gasteiger partial charge is 0.495 e. The summed E-state index contributed by atoms with van der Waals surface area (Å²) >= 11 is 0. The maximum Gasteiger partial charge on any atom is 0.136 e. The molecule has 0 aliphatic carbocycles. The van der Waals surface area contributed by atoms with E-state index in [1.165, 1.54) is 5.56 Å². The minimum absolute atomic E-state index is 0.614. The normalized spacial score (nSPS) is 15.1. The summed E-state index contributed by atoms with van der Waals surface area (Å²) in [4.78, 5) is 2.49. The van der Waals surface area contributed by atoms with Gasteiger partial charge in [0.2, 0.25) is 0 Å². The summed E-state index contributed by atoms with van der Waals surface area (Å²) in [6, 6.07) is 8.70. The number of benzene rings is 1. The number of nitrogens with zero attached hydrogens (tertiary/aromatic N) is 2. The molecule has 1 aliphatic heterocycles. The van der Waals surface area contributed by atoms with Crippen LogP contribution in [0.4, 0.5) is 0 Å². The molecule has 1 N–H and O–H groups in total. The fourth-order valence-electron chi connectivity index (χ4n) is 2.38. The molecule has 1 aromatic carbocycles. The van der Waals surface area contributed by atoms with Crippen LogP contribution in [0.2, 0.25) is 0 Å². The van der Waals surface area contributed by atoms with Gasteiger partial charge in [-0.1, -0.05) is 13.0 Å². The summed E-state index contributed by atoms with van der Waals surface area (Å²) < 4.78 is 5.18.